The predicted molar refractivity (Wildman–Crippen MR) is 125 cm³/mol. The quantitative estimate of drug-likeness (QED) is 0.813. The molecule has 0 atom stereocenters. The Labute approximate surface area is 180 Å². The third-order valence-corrected chi connectivity index (χ3v) is 5.46. The van der Waals surface area contributed by atoms with Crippen molar-refractivity contribution < 1.29 is 4.79 Å². The van der Waals surface area contributed by atoms with Crippen LogP contribution in [0.2, 0.25) is 0 Å². The molecule has 0 spiro atoms. The maximum absolute atomic E-state index is 12.1. The van der Waals surface area contributed by atoms with Crippen LogP contribution in [0.15, 0.2) is 42.6 Å². The first-order valence-electron chi connectivity index (χ1n) is 10.7. The van der Waals surface area contributed by atoms with Crippen LogP contribution in [0.5, 0.6) is 0 Å². The minimum Gasteiger partial charge on any atom is -0.378 e. The van der Waals surface area contributed by atoms with Crippen molar-refractivity contribution in [2.75, 3.05) is 55.4 Å². The van der Waals surface area contributed by atoms with Crippen molar-refractivity contribution in [2.24, 2.45) is 5.41 Å². The number of amides is 1. The van der Waals surface area contributed by atoms with Crippen molar-refractivity contribution in [3.63, 3.8) is 0 Å². The average molecular weight is 410 g/mol. The van der Waals surface area contributed by atoms with Crippen LogP contribution in [-0.4, -0.2) is 56.1 Å². The summed E-state index contributed by atoms with van der Waals surface area (Å²) in [4.78, 5) is 23.7. The molecule has 0 saturated carbocycles. The number of benzene rings is 1. The van der Waals surface area contributed by atoms with Crippen LogP contribution in [0.3, 0.4) is 0 Å². The van der Waals surface area contributed by atoms with Crippen molar-refractivity contribution in [1.82, 2.24) is 9.88 Å². The zero-order valence-electron chi connectivity index (χ0n) is 19.0. The highest BCUT2D eigenvalue weighted by Crippen LogP contribution is 2.20. The molecule has 6 heteroatoms. The largest absolute Gasteiger partial charge is 0.378 e. The summed E-state index contributed by atoms with van der Waals surface area (Å²) >= 11 is 0. The molecule has 1 aliphatic heterocycles. The standard InChI is InChI=1S/C24H35N5O/c1-24(2,3)23(30)26-20-9-12-22(25-17-20)29-14-6-13-28(15-16-29)18-19-7-10-21(11-8-19)27(4)5/h7-12,17H,6,13-16,18H2,1-5H3,(H,26,30). The lowest BCUT2D eigenvalue weighted by Gasteiger charge is -2.23. The maximum Gasteiger partial charge on any atom is 0.229 e. The van der Waals surface area contributed by atoms with Crippen molar-refractivity contribution in [3.05, 3.63) is 48.2 Å². The molecule has 30 heavy (non-hydrogen) atoms. The fourth-order valence-corrected chi connectivity index (χ4v) is 3.48. The molecule has 0 radical (unpaired) electrons. The van der Waals surface area contributed by atoms with Gasteiger partial charge in [-0.15, -0.1) is 0 Å². The van der Waals surface area contributed by atoms with E-state index in [2.05, 4.69) is 63.4 Å². The number of rotatable bonds is 5. The van der Waals surface area contributed by atoms with E-state index in [1.54, 1.807) is 6.20 Å². The van der Waals surface area contributed by atoms with Gasteiger partial charge in [0.1, 0.15) is 5.82 Å². The first-order chi connectivity index (χ1) is 14.2. The molecule has 1 saturated heterocycles. The van der Waals surface area contributed by atoms with Gasteiger partial charge < -0.3 is 15.1 Å². The van der Waals surface area contributed by atoms with Crippen LogP contribution in [0.1, 0.15) is 32.8 Å². The zero-order valence-corrected chi connectivity index (χ0v) is 19.0. The van der Waals surface area contributed by atoms with E-state index in [4.69, 9.17) is 0 Å². The smallest absolute Gasteiger partial charge is 0.229 e. The number of carbonyl (C=O) groups excluding carboxylic acids is 1. The first kappa shape index (κ1) is 22.1. The molecular formula is C24H35N5O. The Hall–Kier alpha value is -2.60. The van der Waals surface area contributed by atoms with Crippen molar-refractivity contribution in [1.29, 1.82) is 0 Å². The molecule has 0 unspecified atom stereocenters. The van der Waals surface area contributed by atoms with Crippen LogP contribution in [-0.2, 0) is 11.3 Å². The highest BCUT2D eigenvalue weighted by atomic mass is 16.2. The normalized spacial score (nSPS) is 15.6. The van der Waals surface area contributed by atoms with Crippen LogP contribution < -0.4 is 15.1 Å². The molecule has 2 heterocycles. The van der Waals surface area contributed by atoms with Crippen LogP contribution in [0.4, 0.5) is 17.2 Å². The summed E-state index contributed by atoms with van der Waals surface area (Å²) in [6.07, 6.45) is 2.87. The van der Waals surface area contributed by atoms with Crippen molar-refractivity contribution >= 4 is 23.1 Å². The SMILES string of the molecule is CN(C)c1ccc(CN2CCCN(c3ccc(NC(=O)C(C)(C)C)cn3)CC2)cc1. The molecule has 6 nitrogen and oxygen atoms in total. The van der Waals surface area contributed by atoms with Gasteiger partial charge in [-0.25, -0.2) is 4.98 Å². The van der Waals surface area contributed by atoms with Crippen LogP contribution in [0, 0.1) is 5.41 Å². The van der Waals surface area contributed by atoms with Gasteiger partial charge in [0.25, 0.3) is 0 Å². The number of aromatic nitrogens is 1. The number of pyridine rings is 1. The van der Waals surface area contributed by atoms with E-state index in [0.29, 0.717) is 0 Å². The lowest BCUT2D eigenvalue weighted by atomic mass is 9.96. The van der Waals surface area contributed by atoms with Gasteiger partial charge in [0.05, 0.1) is 11.9 Å². The topological polar surface area (TPSA) is 51.7 Å². The minimum absolute atomic E-state index is 0.000999. The maximum atomic E-state index is 12.1. The lowest BCUT2D eigenvalue weighted by Crippen LogP contribution is -2.31. The van der Waals surface area contributed by atoms with Crippen LogP contribution >= 0.6 is 0 Å². The molecule has 1 aromatic carbocycles. The Morgan fingerprint density at radius 2 is 1.77 bits per heavy atom. The number of anilines is 3. The fourth-order valence-electron chi connectivity index (χ4n) is 3.48. The summed E-state index contributed by atoms with van der Waals surface area (Å²) in [6, 6.07) is 12.8. The third-order valence-electron chi connectivity index (χ3n) is 5.46. The van der Waals surface area contributed by atoms with E-state index in [1.165, 1.54) is 11.3 Å². The summed E-state index contributed by atoms with van der Waals surface area (Å²) in [5.41, 5.74) is 2.91. The van der Waals surface area contributed by atoms with Crippen molar-refractivity contribution in [3.8, 4) is 0 Å². The van der Waals surface area contributed by atoms with E-state index in [9.17, 15) is 4.79 Å². The molecule has 1 fully saturated rings. The molecule has 2 aromatic rings. The first-order valence-corrected chi connectivity index (χ1v) is 10.7. The molecule has 1 aromatic heterocycles. The van der Waals surface area contributed by atoms with E-state index in [0.717, 1.165) is 50.6 Å². The van der Waals surface area contributed by atoms with Gasteiger partial charge in [-0.1, -0.05) is 32.9 Å². The number of nitrogens with one attached hydrogen (secondary N) is 1. The molecule has 162 valence electrons. The van der Waals surface area contributed by atoms with Gasteiger partial charge in [0, 0.05) is 57.9 Å². The van der Waals surface area contributed by atoms with E-state index in [1.807, 2.05) is 32.9 Å². The van der Waals surface area contributed by atoms with Gasteiger partial charge in [-0.05, 0) is 36.2 Å². The van der Waals surface area contributed by atoms with E-state index in [-0.39, 0.29) is 5.91 Å². The summed E-state index contributed by atoms with van der Waals surface area (Å²) in [7, 11) is 4.13. The molecule has 0 aliphatic carbocycles. The molecule has 3 rings (SSSR count). The van der Waals surface area contributed by atoms with Crippen LogP contribution in [0.25, 0.3) is 0 Å². The van der Waals surface area contributed by atoms with Gasteiger partial charge in [0.15, 0.2) is 0 Å². The fraction of sp³-hybridized carbons (Fsp3) is 0.500. The van der Waals surface area contributed by atoms with E-state index < -0.39 is 5.41 Å². The summed E-state index contributed by atoms with van der Waals surface area (Å²) in [5.74, 6) is 0.974. The Bertz CT molecular complexity index is 824. The van der Waals surface area contributed by atoms with Gasteiger partial charge >= 0.3 is 0 Å². The highest BCUT2D eigenvalue weighted by Gasteiger charge is 2.21. The Morgan fingerprint density at radius 3 is 2.37 bits per heavy atom. The molecular weight excluding hydrogens is 374 g/mol. The summed E-state index contributed by atoms with van der Waals surface area (Å²) < 4.78 is 0. The molecule has 1 aliphatic rings. The average Bonchev–Trinajstić information content (AvgIpc) is 2.94. The molecule has 0 bridgehead atoms. The van der Waals surface area contributed by atoms with Crippen molar-refractivity contribution in [2.45, 2.75) is 33.7 Å². The zero-order chi connectivity index (χ0) is 21.7. The second-order valence-corrected chi connectivity index (χ2v) is 9.29. The Balaban J connectivity index is 1.55. The number of carbonyl (C=O) groups is 1. The predicted octanol–water partition coefficient (Wildman–Crippen LogP) is 3.84. The number of hydrogen-bond acceptors (Lipinski definition) is 5. The van der Waals surface area contributed by atoms with Gasteiger partial charge in [0.2, 0.25) is 5.91 Å². The Kier molecular flexibility index (Phi) is 6.98. The summed E-state index contributed by atoms with van der Waals surface area (Å²) in [5, 5.41) is 2.94. The summed E-state index contributed by atoms with van der Waals surface area (Å²) in [6.45, 7) is 10.8. The Morgan fingerprint density at radius 1 is 1.03 bits per heavy atom. The van der Waals surface area contributed by atoms with Gasteiger partial charge in [-0.2, -0.15) is 0 Å². The second-order valence-electron chi connectivity index (χ2n) is 9.29. The second kappa shape index (κ2) is 9.47. The minimum atomic E-state index is -0.417. The highest BCUT2D eigenvalue weighted by molar-refractivity contribution is 5.94. The third kappa shape index (κ3) is 5.95. The lowest BCUT2D eigenvalue weighted by molar-refractivity contribution is -0.123. The number of hydrogen-bond donors (Lipinski definition) is 1. The van der Waals surface area contributed by atoms with Gasteiger partial charge in [-0.3, -0.25) is 9.69 Å². The monoisotopic (exact) mass is 409 g/mol. The number of nitrogens with zero attached hydrogens (tertiary/aromatic N) is 4. The molecule has 1 amide bonds. The molecule has 1 N–H and O–H groups in total. The van der Waals surface area contributed by atoms with E-state index >= 15 is 0 Å².